The molecule has 0 bridgehead atoms. The van der Waals surface area contributed by atoms with E-state index < -0.39 is 11.7 Å². The van der Waals surface area contributed by atoms with Gasteiger partial charge >= 0.3 is 0 Å². The van der Waals surface area contributed by atoms with Gasteiger partial charge in [-0.05, 0) is 37.8 Å². The minimum Gasteiger partial charge on any atom is -0.297 e. The number of hydrogen-bond donors (Lipinski definition) is 0. The summed E-state index contributed by atoms with van der Waals surface area (Å²) in [7, 11) is 0. The summed E-state index contributed by atoms with van der Waals surface area (Å²) in [6.45, 7) is 3.71. The molecule has 2 aliphatic rings. The van der Waals surface area contributed by atoms with Gasteiger partial charge in [-0.25, -0.2) is 0 Å². The zero-order valence-electron chi connectivity index (χ0n) is 11.0. The van der Waals surface area contributed by atoms with E-state index in [4.69, 9.17) is 0 Å². The average Bonchev–Trinajstić information content (AvgIpc) is 3.18. The van der Waals surface area contributed by atoms with Gasteiger partial charge in [-0.2, -0.15) is 0 Å². The summed E-state index contributed by atoms with van der Waals surface area (Å²) < 4.78 is 0. The fraction of sp³-hybridized carbons (Fsp3) is 0.400. The smallest absolute Gasteiger partial charge is 0.297 e. The van der Waals surface area contributed by atoms with Crippen LogP contribution in [0.5, 0.6) is 0 Å². The summed E-state index contributed by atoms with van der Waals surface area (Å²) in [5, 5.41) is 0. The topological polar surface area (TPSA) is 54.5 Å². The van der Waals surface area contributed by atoms with Crippen LogP contribution in [-0.2, 0) is 9.59 Å². The third kappa shape index (κ3) is 1.79. The molecule has 1 aromatic rings. The van der Waals surface area contributed by atoms with Crippen molar-refractivity contribution in [3.8, 4) is 0 Å². The SMILES string of the molecule is Cc1ccc(C)c2c1C(=O)C(=O)N2CC(=O)C1CC1. The van der Waals surface area contributed by atoms with Gasteiger partial charge in [0.1, 0.15) is 0 Å². The highest BCUT2D eigenvalue weighted by molar-refractivity contribution is 6.53. The Bertz CT molecular complexity index is 614. The number of ketones is 2. The molecule has 1 aromatic carbocycles. The Morgan fingerprint density at radius 2 is 1.84 bits per heavy atom. The molecule has 0 spiro atoms. The van der Waals surface area contributed by atoms with Gasteiger partial charge in [0.25, 0.3) is 11.7 Å². The minimum atomic E-state index is -0.568. The second-order valence-corrected chi connectivity index (χ2v) is 5.38. The van der Waals surface area contributed by atoms with Crippen LogP contribution in [0.3, 0.4) is 0 Å². The summed E-state index contributed by atoms with van der Waals surface area (Å²) in [5.41, 5.74) is 2.75. The van der Waals surface area contributed by atoms with E-state index in [0.717, 1.165) is 24.0 Å². The molecule has 0 atom stereocenters. The van der Waals surface area contributed by atoms with Crippen LogP contribution in [0.1, 0.15) is 34.3 Å². The van der Waals surface area contributed by atoms with Crippen LogP contribution in [0.25, 0.3) is 0 Å². The summed E-state index contributed by atoms with van der Waals surface area (Å²) in [5.74, 6) is -0.895. The number of fused-ring (bicyclic) bond motifs is 1. The Morgan fingerprint density at radius 3 is 2.47 bits per heavy atom. The van der Waals surface area contributed by atoms with E-state index >= 15 is 0 Å². The molecule has 1 fully saturated rings. The van der Waals surface area contributed by atoms with E-state index in [0.29, 0.717) is 11.3 Å². The van der Waals surface area contributed by atoms with E-state index in [-0.39, 0.29) is 18.2 Å². The van der Waals surface area contributed by atoms with Crippen molar-refractivity contribution in [2.75, 3.05) is 11.4 Å². The van der Waals surface area contributed by atoms with Crippen LogP contribution in [0, 0.1) is 19.8 Å². The summed E-state index contributed by atoms with van der Waals surface area (Å²) in [6, 6.07) is 3.72. The van der Waals surface area contributed by atoms with Crippen molar-refractivity contribution in [3.63, 3.8) is 0 Å². The highest BCUT2D eigenvalue weighted by Crippen LogP contribution is 2.36. The molecule has 0 saturated heterocycles. The predicted molar refractivity (Wildman–Crippen MR) is 70.3 cm³/mol. The molecule has 1 amide bonds. The lowest BCUT2D eigenvalue weighted by molar-refractivity contribution is -0.121. The second kappa shape index (κ2) is 4.02. The van der Waals surface area contributed by atoms with Gasteiger partial charge in [0.05, 0.1) is 17.8 Å². The van der Waals surface area contributed by atoms with Crippen molar-refractivity contribution in [2.24, 2.45) is 5.92 Å². The normalized spacial score (nSPS) is 17.9. The molecule has 0 radical (unpaired) electrons. The van der Waals surface area contributed by atoms with Gasteiger partial charge in [0.2, 0.25) is 0 Å². The van der Waals surface area contributed by atoms with Gasteiger partial charge < -0.3 is 0 Å². The molecular formula is C15H15NO3. The number of aryl methyl sites for hydroxylation is 2. The molecule has 98 valence electrons. The average molecular weight is 257 g/mol. The van der Waals surface area contributed by atoms with Gasteiger partial charge in [0, 0.05) is 5.92 Å². The van der Waals surface area contributed by atoms with Crippen LogP contribution < -0.4 is 4.90 Å². The fourth-order valence-electron chi connectivity index (χ4n) is 2.60. The van der Waals surface area contributed by atoms with E-state index in [2.05, 4.69) is 0 Å². The molecule has 4 nitrogen and oxygen atoms in total. The zero-order chi connectivity index (χ0) is 13.7. The lowest BCUT2D eigenvalue weighted by atomic mass is 10.0. The highest BCUT2D eigenvalue weighted by atomic mass is 16.2. The Labute approximate surface area is 111 Å². The van der Waals surface area contributed by atoms with E-state index in [1.165, 1.54) is 4.90 Å². The van der Waals surface area contributed by atoms with Gasteiger partial charge in [-0.1, -0.05) is 12.1 Å². The molecular weight excluding hydrogens is 242 g/mol. The maximum absolute atomic E-state index is 12.1. The fourth-order valence-corrected chi connectivity index (χ4v) is 2.60. The zero-order valence-corrected chi connectivity index (χ0v) is 11.0. The van der Waals surface area contributed by atoms with Crippen molar-refractivity contribution in [2.45, 2.75) is 26.7 Å². The molecule has 1 aliphatic heterocycles. The van der Waals surface area contributed by atoms with Crippen LogP contribution in [0.15, 0.2) is 12.1 Å². The Morgan fingerprint density at radius 1 is 1.21 bits per heavy atom. The summed E-state index contributed by atoms with van der Waals surface area (Å²) in [4.78, 5) is 37.4. The molecule has 1 saturated carbocycles. The molecule has 0 aromatic heterocycles. The lowest BCUT2D eigenvalue weighted by Gasteiger charge is -2.18. The predicted octanol–water partition coefficient (Wildman–Crippen LogP) is 1.81. The first-order chi connectivity index (χ1) is 9.00. The Kier molecular flexibility index (Phi) is 2.55. The maximum atomic E-state index is 12.1. The van der Waals surface area contributed by atoms with Crippen LogP contribution in [0.2, 0.25) is 0 Å². The number of anilines is 1. The highest BCUT2D eigenvalue weighted by Gasteiger charge is 2.41. The quantitative estimate of drug-likeness (QED) is 0.776. The van der Waals surface area contributed by atoms with Crippen molar-refractivity contribution in [1.82, 2.24) is 0 Å². The van der Waals surface area contributed by atoms with E-state index in [1.807, 2.05) is 26.0 Å². The second-order valence-electron chi connectivity index (χ2n) is 5.38. The van der Waals surface area contributed by atoms with Crippen molar-refractivity contribution in [3.05, 3.63) is 28.8 Å². The monoisotopic (exact) mass is 257 g/mol. The summed E-state index contributed by atoms with van der Waals surface area (Å²) in [6.07, 6.45) is 1.82. The molecule has 1 heterocycles. The molecule has 19 heavy (non-hydrogen) atoms. The third-order valence-electron chi connectivity index (χ3n) is 3.87. The number of nitrogens with zero attached hydrogens (tertiary/aromatic N) is 1. The van der Waals surface area contributed by atoms with Gasteiger partial charge in [-0.15, -0.1) is 0 Å². The molecule has 0 N–H and O–H groups in total. The van der Waals surface area contributed by atoms with Crippen molar-refractivity contribution < 1.29 is 14.4 Å². The third-order valence-corrected chi connectivity index (χ3v) is 3.87. The van der Waals surface area contributed by atoms with E-state index in [1.54, 1.807) is 0 Å². The number of hydrogen-bond acceptors (Lipinski definition) is 3. The largest absolute Gasteiger partial charge is 0.299 e. The number of carbonyl (C=O) groups excluding carboxylic acids is 3. The number of rotatable bonds is 3. The first-order valence-electron chi connectivity index (χ1n) is 6.50. The van der Waals surface area contributed by atoms with E-state index in [9.17, 15) is 14.4 Å². The van der Waals surface area contributed by atoms with Crippen LogP contribution in [-0.4, -0.2) is 24.0 Å². The number of amides is 1. The minimum absolute atomic E-state index is 0.0343. The Balaban J connectivity index is 2.03. The number of Topliss-reactive ketones (excluding diaryl/α,β-unsaturated/α-hetero) is 2. The number of carbonyl (C=O) groups is 3. The molecule has 1 aliphatic carbocycles. The van der Waals surface area contributed by atoms with Crippen molar-refractivity contribution in [1.29, 1.82) is 0 Å². The van der Waals surface area contributed by atoms with Crippen LogP contribution >= 0.6 is 0 Å². The lowest BCUT2D eigenvalue weighted by Crippen LogP contribution is -2.35. The molecule has 4 heteroatoms. The number of benzene rings is 1. The van der Waals surface area contributed by atoms with Crippen molar-refractivity contribution >= 4 is 23.2 Å². The van der Waals surface area contributed by atoms with Gasteiger partial charge in [-0.3, -0.25) is 19.3 Å². The first kappa shape index (κ1) is 12.1. The maximum Gasteiger partial charge on any atom is 0.299 e. The summed E-state index contributed by atoms with van der Waals surface area (Å²) >= 11 is 0. The van der Waals surface area contributed by atoms with Crippen LogP contribution in [0.4, 0.5) is 5.69 Å². The van der Waals surface area contributed by atoms with Gasteiger partial charge in [0.15, 0.2) is 5.78 Å². The molecule has 3 rings (SSSR count). The first-order valence-corrected chi connectivity index (χ1v) is 6.50. The molecule has 0 unspecified atom stereocenters. The standard InChI is InChI=1S/C15H15NO3/c1-8-3-4-9(2)13-12(8)14(18)15(19)16(13)7-11(17)10-5-6-10/h3-4,10H,5-7H2,1-2H3. The Hall–Kier alpha value is -1.97.